The van der Waals surface area contributed by atoms with Crippen LogP contribution in [0.4, 0.5) is 4.79 Å². The topological polar surface area (TPSA) is 60.9 Å². The molecule has 1 aliphatic heterocycles. The molecule has 0 aromatic rings. The van der Waals surface area contributed by atoms with Crippen LogP contribution in [0.15, 0.2) is 0 Å². The molecule has 1 N–H and O–H groups in total. The first-order valence-electron chi connectivity index (χ1n) is 8.30. The molecule has 0 aromatic heterocycles. The van der Waals surface area contributed by atoms with Crippen molar-refractivity contribution in [2.24, 2.45) is 5.92 Å². The van der Waals surface area contributed by atoms with E-state index in [0.717, 1.165) is 32.2 Å². The maximum atomic E-state index is 12.9. The maximum absolute atomic E-state index is 12.9. The molecule has 2 rings (SSSR count). The predicted molar refractivity (Wildman–Crippen MR) is 81.2 cm³/mol. The van der Waals surface area contributed by atoms with Gasteiger partial charge in [-0.3, -0.25) is 0 Å². The number of aliphatic carboxylic acids is 1. The van der Waals surface area contributed by atoms with E-state index in [1.54, 1.807) is 4.90 Å². The molecule has 1 saturated carbocycles. The first kappa shape index (κ1) is 16.1. The van der Waals surface area contributed by atoms with Crippen LogP contribution < -0.4 is 0 Å². The highest BCUT2D eigenvalue weighted by atomic mass is 16.4. The van der Waals surface area contributed by atoms with E-state index in [1.165, 1.54) is 12.8 Å². The quantitative estimate of drug-likeness (QED) is 0.867. The molecule has 120 valence electrons. The molecule has 1 saturated heterocycles. The second-order valence-electron chi connectivity index (χ2n) is 6.81. The van der Waals surface area contributed by atoms with Gasteiger partial charge in [0.25, 0.3) is 0 Å². The van der Waals surface area contributed by atoms with E-state index in [9.17, 15) is 14.7 Å². The van der Waals surface area contributed by atoms with Crippen LogP contribution in [0, 0.1) is 5.92 Å². The summed E-state index contributed by atoms with van der Waals surface area (Å²) in [4.78, 5) is 27.9. The molecule has 0 radical (unpaired) electrons. The lowest BCUT2D eigenvalue weighted by atomic mass is 10.0. The monoisotopic (exact) mass is 296 g/mol. The fraction of sp³-hybridized carbons (Fsp3) is 0.875. The van der Waals surface area contributed by atoms with Gasteiger partial charge in [-0.2, -0.15) is 0 Å². The molecule has 0 spiro atoms. The smallest absolute Gasteiger partial charge is 0.326 e. The Morgan fingerprint density at radius 1 is 1.14 bits per heavy atom. The highest BCUT2D eigenvalue weighted by Gasteiger charge is 2.37. The van der Waals surface area contributed by atoms with Crippen LogP contribution in [0.25, 0.3) is 0 Å². The van der Waals surface area contributed by atoms with Gasteiger partial charge >= 0.3 is 12.0 Å². The lowest BCUT2D eigenvalue weighted by Gasteiger charge is -2.40. The molecule has 2 amide bonds. The molecule has 2 fully saturated rings. The Morgan fingerprint density at radius 2 is 1.76 bits per heavy atom. The summed E-state index contributed by atoms with van der Waals surface area (Å²) in [6.07, 6.45) is 6.86. The van der Waals surface area contributed by atoms with Gasteiger partial charge in [0, 0.05) is 19.1 Å². The summed E-state index contributed by atoms with van der Waals surface area (Å²) < 4.78 is 0. The second-order valence-corrected chi connectivity index (χ2v) is 6.81. The third kappa shape index (κ3) is 3.89. The number of carbonyl (C=O) groups is 2. The first-order chi connectivity index (χ1) is 10.0. The molecular weight excluding hydrogens is 268 g/mol. The number of likely N-dealkylation sites (tertiary alicyclic amines) is 1. The van der Waals surface area contributed by atoms with Crippen molar-refractivity contribution in [2.45, 2.75) is 70.9 Å². The van der Waals surface area contributed by atoms with E-state index in [0.29, 0.717) is 24.9 Å². The number of carboxylic acid groups (broad SMARTS) is 1. The zero-order valence-electron chi connectivity index (χ0n) is 13.3. The number of rotatable bonds is 4. The molecule has 2 aliphatic rings. The summed E-state index contributed by atoms with van der Waals surface area (Å²) in [6.45, 7) is 5.53. The molecule has 1 heterocycles. The maximum Gasteiger partial charge on any atom is 0.326 e. The number of amides is 2. The molecule has 21 heavy (non-hydrogen) atoms. The molecule has 0 aromatic carbocycles. The van der Waals surface area contributed by atoms with Gasteiger partial charge in [-0.1, -0.05) is 26.7 Å². The van der Waals surface area contributed by atoms with Gasteiger partial charge < -0.3 is 14.9 Å². The van der Waals surface area contributed by atoms with E-state index in [1.807, 2.05) is 4.90 Å². The van der Waals surface area contributed by atoms with Gasteiger partial charge in [-0.25, -0.2) is 9.59 Å². The van der Waals surface area contributed by atoms with Crippen LogP contribution >= 0.6 is 0 Å². The summed E-state index contributed by atoms with van der Waals surface area (Å²) >= 11 is 0. The van der Waals surface area contributed by atoms with Crippen molar-refractivity contribution in [1.29, 1.82) is 0 Å². The van der Waals surface area contributed by atoms with Crippen LogP contribution in [0.1, 0.15) is 58.8 Å². The van der Waals surface area contributed by atoms with Crippen molar-refractivity contribution >= 4 is 12.0 Å². The van der Waals surface area contributed by atoms with E-state index in [4.69, 9.17) is 0 Å². The molecule has 0 bridgehead atoms. The van der Waals surface area contributed by atoms with E-state index in [2.05, 4.69) is 13.8 Å². The number of hydrogen-bond donors (Lipinski definition) is 1. The zero-order valence-corrected chi connectivity index (χ0v) is 13.3. The summed E-state index contributed by atoms with van der Waals surface area (Å²) in [5, 5.41) is 9.37. The number of hydrogen-bond acceptors (Lipinski definition) is 2. The van der Waals surface area contributed by atoms with Crippen molar-refractivity contribution in [3.63, 3.8) is 0 Å². The van der Waals surface area contributed by atoms with E-state index in [-0.39, 0.29) is 6.03 Å². The minimum Gasteiger partial charge on any atom is -0.480 e. The minimum atomic E-state index is -0.862. The van der Waals surface area contributed by atoms with Gasteiger partial charge in [-0.05, 0) is 38.0 Å². The molecular formula is C16H28N2O3. The van der Waals surface area contributed by atoms with Gasteiger partial charge in [0.2, 0.25) is 0 Å². The van der Waals surface area contributed by atoms with Crippen molar-refractivity contribution in [3.8, 4) is 0 Å². The number of nitrogens with zero attached hydrogens (tertiary/aromatic N) is 2. The Hall–Kier alpha value is -1.26. The Kier molecular flexibility index (Phi) is 5.48. The van der Waals surface area contributed by atoms with Crippen molar-refractivity contribution in [3.05, 3.63) is 0 Å². The fourth-order valence-corrected chi connectivity index (χ4v) is 3.57. The van der Waals surface area contributed by atoms with Crippen LogP contribution in [0.3, 0.4) is 0 Å². The predicted octanol–water partition coefficient (Wildman–Crippen LogP) is 2.95. The average Bonchev–Trinajstić information content (AvgIpc) is 2.97. The third-order valence-electron chi connectivity index (χ3n) is 4.61. The Labute approximate surface area is 127 Å². The Bertz CT molecular complexity index is 378. The Morgan fingerprint density at radius 3 is 2.33 bits per heavy atom. The molecule has 1 unspecified atom stereocenters. The van der Waals surface area contributed by atoms with E-state index < -0.39 is 12.0 Å². The lowest BCUT2D eigenvalue weighted by Crippen LogP contribution is -2.55. The van der Waals surface area contributed by atoms with Crippen molar-refractivity contribution < 1.29 is 14.7 Å². The van der Waals surface area contributed by atoms with Crippen LogP contribution in [0.2, 0.25) is 0 Å². The lowest BCUT2D eigenvalue weighted by molar-refractivity contribution is -0.143. The number of piperidine rings is 1. The van der Waals surface area contributed by atoms with Gasteiger partial charge in [-0.15, -0.1) is 0 Å². The number of urea groups is 1. The molecule has 1 aliphatic carbocycles. The fourth-order valence-electron chi connectivity index (χ4n) is 3.57. The largest absolute Gasteiger partial charge is 0.480 e. The van der Waals surface area contributed by atoms with Gasteiger partial charge in [0.15, 0.2) is 0 Å². The van der Waals surface area contributed by atoms with Crippen LogP contribution in [0.5, 0.6) is 0 Å². The Balaban J connectivity index is 2.13. The second kappa shape index (κ2) is 7.14. The minimum absolute atomic E-state index is 0.0531. The average molecular weight is 296 g/mol. The van der Waals surface area contributed by atoms with Crippen LogP contribution in [-0.4, -0.2) is 52.1 Å². The van der Waals surface area contributed by atoms with Gasteiger partial charge in [0.05, 0.1) is 0 Å². The summed E-state index contributed by atoms with van der Waals surface area (Å²) in [5.74, 6) is -0.457. The summed E-state index contributed by atoms with van der Waals surface area (Å²) in [5.41, 5.74) is 0. The SMILES string of the molecule is CC(C)CN(C(=O)N1CCCCC1C(=O)O)C1CCCC1. The van der Waals surface area contributed by atoms with E-state index >= 15 is 0 Å². The normalized spacial score (nSPS) is 23.6. The summed E-state index contributed by atoms with van der Waals surface area (Å²) in [6, 6.07) is -0.388. The zero-order chi connectivity index (χ0) is 15.4. The first-order valence-corrected chi connectivity index (χ1v) is 8.30. The molecule has 5 heteroatoms. The number of carbonyl (C=O) groups excluding carboxylic acids is 1. The van der Waals surface area contributed by atoms with Crippen LogP contribution in [-0.2, 0) is 4.79 Å². The van der Waals surface area contributed by atoms with Crippen molar-refractivity contribution in [1.82, 2.24) is 9.80 Å². The highest BCUT2D eigenvalue weighted by molar-refractivity contribution is 5.83. The molecule has 5 nitrogen and oxygen atoms in total. The molecule has 1 atom stereocenters. The summed E-state index contributed by atoms with van der Waals surface area (Å²) in [7, 11) is 0. The highest BCUT2D eigenvalue weighted by Crippen LogP contribution is 2.27. The third-order valence-corrected chi connectivity index (χ3v) is 4.61. The van der Waals surface area contributed by atoms with Crippen molar-refractivity contribution in [2.75, 3.05) is 13.1 Å². The number of carboxylic acids is 1. The standard InChI is InChI=1S/C16H28N2O3/c1-12(2)11-18(13-7-3-4-8-13)16(21)17-10-6-5-9-14(17)15(19)20/h12-14H,3-11H2,1-2H3,(H,19,20). The van der Waals surface area contributed by atoms with Gasteiger partial charge in [0.1, 0.15) is 6.04 Å².